The summed E-state index contributed by atoms with van der Waals surface area (Å²) in [5.41, 5.74) is 1.85. The molecule has 3 rings (SSSR count). The van der Waals surface area contributed by atoms with E-state index < -0.39 is 5.60 Å². The standard InChI is InChI=1S/C14H17BO3/c1-10-14(2,3)18-15(17-10)12-6-7-13-11(9-12)5-4-8-16-13/h6-7,9H,1,4-5,8H2,2-3H3. The van der Waals surface area contributed by atoms with Crippen molar-refractivity contribution in [2.24, 2.45) is 0 Å². The molecule has 3 nitrogen and oxygen atoms in total. The van der Waals surface area contributed by atoms with E-state index in [1.807, 2.05) is 26.0 Å². The summed E-state index contributed by atoms with van der Waals surface area (Å²) in [5.74, 6) is 1.67. The Morgan fingerprint density at radius 1 is 1.33 bits per heavy atom. The predicted octanol–water partition coefficient (Wildman–Crippen LogP) is 2.05. The van der Waals surface area contributed by atoms with Gasteiger partial charge in [-0.15, -0.1) is 0 Å². The number of benzene rings is 1. The van der Waals surface area contributed by atoms with Crippen molar-refractivity contribution < 1.29 is 14.0 Å². The van der Waals surface area contributed by atoms with Crippen molar-refractivity contribution in [1.82, 2.24) is 0 Å². The molecule has 0 bridgehead atoms. The molecular weight excluding hydrogens is 227 g/mol. The van der Waals surface area contributed by atoms with E-state index in [0.29, 0.717) is 5.76 Å². The average molecular weight is 244 g/mol. The molecule has 0 atom stereocenters. The zero-order valence-electron chi connectivity index (χ0n) is 10.9. The molecule has 2 heterocycles. The third-order valence-corrected chi connectivity index (χ3v) is 3.53. The van der Waals surface area contributed by atoms with Gasteiger partial charge in [0.25, 0.3) is 0 Å². The van der Waals surface area contributed by atoms with Gasteiger partial charge in [0.1, 0.15) is 11.4 Å². The summed E-state index contributed by atoms with van der Waals surface area (Å²) < 4.78 is 17.2. The maximum absolute atomic E-state index is 5.88. The zero-order chi connectivity index (χ0) is 12.8. The lowest BCUT2D eigenvalue weighted by Crippen LogP contribution is -2.34. The molecule has 0 amide bonds. The average Bonchev–Trinajstić information content (AvgIpc) is 2.63. The first-order valence-corrected chi connectivity index (χ1v) is 6.36. The predicted molar refractivity (Wildman–Crippen MR) is 71.0 cm³/mol. The van der Waals surface area contributed by atoms with Gasteiger partial charge >= 0.3 is 7.12 Å². The van der Waals surface area contributed by atoms with E-state index in [1.165, 1.54) is 5.56 Å². The minimum atomic E-state index is -0.420. The monoisotopic (exact) mass is 244 g/mol. The Morgan fingerprint density at radius 3 is 2.89 bits per heavy atom. The molecule has 4 heteroatoms. The van der Waals surface area contributed by atoms with Gasteiger partial charge in [-0.3, -0.25) is 0 Å². The maximum atomic E-state index is 5.88. The Hall–Kier alpha value is -1.42. The molecule has 1 saturated heterocycles. The molecular formula is C14H17BO3. The summed E-state index contributed by atoms with van der Waals surface area (Å²) in [6, 6.07) is 6.13. The zero-order valence-corrected chi connectivity index (χ0v) is 10.9. The van der Waals surface area contributed by atoms with E-state index in [9.17, 15) is 0 Å². The van der Waals surface area contributed by atoms with Crippen molar-refractivity contribution in [3.05, 3.63) is 36.1 Å². The molecule has 0 saturated carbocycles. The minimum absolute atomic E-state index is 0.347. The minimum Gasteiger partial charge on any atom is -0.534 e. The van der Waals surface area contributed by atoms with Crippen LogP contribution in [0.5, 0.6) is 5.75 Å². The third kappa shape index (κ3) is 1.91. The smallest absolute Gasteiger partial charge is 0.534 e. The number of fused-ring (bicyclic) bond motifs is 1. The fourth-order valence-electron chi connectivity index (χ4n) is 2.29. The Bertz CT molecular complexity index is 496. The SMILES string of the molecule is C=C1OB(c2ccc3c(c2)CCCO3)OC1(C)C. The quantitative estimate of drug-likeness (QED) is 0.707. The number of hydrogen-bond donors (Lipinski definition) is 0. The van der Waals surface area contributed by atoms with Crippen LogP contribution >= 0.6 is 0 Å². The Labute approximate surface area is 108 Å². The van der Waals surface area contributed by atoms with Gasteiger partial charge in [-0.2, -0.15) is 0 Å². The Morgan fingerprint density at radius 2 is 2.17 bits per heavy atom. The largest absolute Gasteiger partial charge is 0.563 e. The number of aryl methyl sites for hydroxylation is 1. The second-order valence-electron chi connectivity index (χ2n) is 5.32. The first kappa shape index (κ1) is 11.7. The van der Waals surface area contributed by atoms with Crippen molar-refractivity contribution in [2.75, 3.05) is 6.61 Å². The summed E-state index contributed by atoms with van der Waals surface area (Å²) in [6.07, 6.45) is 2.13. The number of ether oxygens (including phenoxy) is 1. The lowest BCUT2D eigenvalue weighted by molar-refractivity contribution is 0.173. The number of rotatable bonds is 1. The van der Waals surface area contributed by atoms with Gasteiger partial charge in [-0.05, 0) is 43.8 Å². The van der Waals surface area contributed by atoms with Crippen LogP contribution in [0.3, 0.4) is 0 Å². The van der Waals surface area contributed by atoms with Crippen LogP contribution in [0.2, 0.25) is 0 Å². The fourth-order valence-corrected chi connectivity index (χ4v) is 2.29. The number of hydrogen-bond acceptors (Lipinski definition) is 3. The van der Waals surface area contributed by atoms with Crippen molar-refractivity contribution in [3.8, 4) is 5.75 Å². The summed E-state index contributed by atoms with van der Waals surface area (Å²) >= 11 is 0. The lowest BCUT2D eigenvalue weighted by atomic mass is 9.78. The molecule has 1 aromatic rings. The molecule has 0 aromatic heterocycles. The molecule has 0 unspecified atom stereocenters. The van der Waals surface area contributed by atoms with Gasteiger partial charge in [0, 0.05) is 0 Å². The molecule has 18 heavy (non-hydrogen) atoms. The third-order valence-electron chi connectivity index (χ3n) is 3.53. The van der Waals surface area contributed by atoms with E-state index in [1.54, 1.807) is 0 Å². The first-order chi connectivity index (χ1) is 8.56. The highest BCUT2D eigenvalue weighted by Crippen LogP contribution is 2.30. The molecule has 0 aliphatic carbocycles. The van der Waals surface area contributed by atoms with E-state index in [2.05, 4.69) is 12.6 Å². The lowest BCUT2D eigenvalue weighted by Gasteiger charge is -2.18. The molecule has 0 radical (unpaired) electrons. The highest BCUT2D eigenvalue weighted by atomic mass is 16.7. The molecule has 2 aliphatic rings. The van der Waals surface area contributed by atoms with E-state index >= 15 is 0 Å². The van der Waals surface area contributed by atoms with Crippen LogP contribution in [-0.2, 0) is 15.7 Å². The van der Waals surface area contributed by atoms with Crippen LogP contribution in [0.4, 0.5) is 0 Å². The van der Waals surface area contributed by atoms with Gasteiger partial charge in [0.15, 0.2) is 0 Å². The van der Waals surface area contributed by atoms with Gasteiger partial charge in [0.2, 0.25) is 0 Å². The van der Waals surface area contributed by atoms with E-state index in [-0.39, 0.29) is 7.12 Å². The fraction of sp³-hybridized carbons (Fsp3) is 0.429. The Kier molecular flexibility index (Phi) is 2.63. The van der Waals surface area contributed by atoms with Gasteiger partial charge < -0.3 is 14.0 Å². The topological polar surface area (TPSA) is 27.7 Å². The first-order valence-electron chi connectivity index (χ1n) is 6.36. The molecule has 1 aromatic carbocycles. The van der Waals surface area contributed by atoms with E-state index in [4.69, 9.17) is 14.0 Å². The van der Waals surface area contributed by atoms with Crippen molar-refractivity contribution in [2.45, 2.75) is 32.3 Å². The van der Waals surface area contributed by atoms with Crippen LogP contribution < -0.4 is 10.2 Å². The second kappa shape index (κ2) is 4.06. The van der Waals surface area contributed by atoms with Crippen molar-refractivity contribution in [3.63, 3.8) is 0 Å². The van der Waals surface area contributed by atoms with Crippen molar-refractivity contribution in [1.29, 1.82) is 0 Å². The van der Waals surface area contributed by atoms with Crippen LogP contribution in [0, 0.1) is 0 Å². The van der Waals surface area contributed by atoms with E-state index in [0.717, 1.165) is 30.7 Å². The summed E-state index contributed by atoms with van der Waals surface area (Å²) in [7, 11) is -0.347. The van der Waals surface area contributed by atoms with Crippen LogP contribution in [-0.4, -0.2) is 19.3 Å². The van der Waals surface area contributed by atoms with Crippen LogP contribution in [0.15, 0.2) is 30.5 Å². The van der Waals surface area contributed by atoms with Crippen LogP contribution in [0.1, 0.15) is 25.8 Å². The molecule has 0 N–H and O–H groups in total. The Balaban J connectivity index is 1.88. The van der Waals surface area contributed by atoms with Gasteiger partial charge in [-0.1, -0.05) is 18.7 Å². The van der Waals surface area contributed by atoms with Crippen LogP contribution in [0.25, 0.3) is 0 Å². The van der Waals surface area contributed by atoms with Crippen molar-refractivity contribution >= 4 is 12.6 Å². The molecule has 2 aliphatic heterocycles. The molecule has 1 fully saturated rings. The molecule has 0 spiro atoms. The summed E-state index contributed by atoms with van der Waals surface area (Å²) in [6.45, 7) is 8.65. The summed E-state index contributed by atoms with van der Waals surface area (Å²) in [5, 5.41) is 0. The highest BCUT2D eigenvalue weighted by Gasteiger charge is 2.42. The molecule has 94 valence electrons. The second-order valence-corrected chi connectivity index (χ2v) is 5.32. The maximum Gasteiger partial charge on any atom is 0.563 e. The summed E-state index contributed by atoms with van der Waals surface area (Å²) in [4.78, 5) is 0. The van der Waals surface area contributed by atoms with Gasteiger partial charge in [-0.25, -0.2) is 0 Å². The normalized spacial score (nSPS) is 21.2. The highest BCUT2D eigenvalue weighted by molar-refractivity contribution is 6.62. The van der Waals surface area contributed by atoms with Gasteiger partial charge in [0.05, 0.1) is 12.4 Å².